The Hall–Kier alpha value is -6.24. The number of rotatable bonds is 1. The van der Waals surface area contributed by atoms with Crippen molar-refractivity contribution >= 4 is 53.9 Å². The van der Waals surface area contributed by atoms with Gasteiger partial charge in [-0.2, -0.15) is 0 Å². The molecule has 0 radical (unpaired) electrons. The summed E-state index contributed by atoms with van der Waals surface area (Å²) in [6.45, 7) is 0. The van der Waals surface area contributed by atoms with Gasteiger partial charge in [0.1, 0.15) is 0 Å². The third-order valence-corrected chi connectivity index (χ3v) is 11.8. The maximum atomic E-state index is 2.47. The van der Waals surface area contributed by atoms with Gasteiger partial charge in [-0.05, 0) is 122 Å². The highest BCUT2D eigenvalue weighted by Gasteiger charge is 2.53. The minimum absolute atomic E-state index is 0.407. The zero-order valence-electron chi connectivity index (χ0n) is 26.7. The van der Waals surface area contributed by atoms with Crippen LogP contribution in [-0.2, 0) is 5.41 Å². The average Bonchev–Trinajstić information content (AvgIpc) is 3.64. The summed E-state index contributed by atoms with van der Waals surface area (Å²) in [7, 11) is 0. The van der Waals surface area contributed by atoms with E-state index in [0.717, 1.165) is 0 Å². The molecule has 0 aliphatic heterocycles. The molecule has 0 N–H and O–H groups in total. The van der Waals surface area contributed by atoms with Gasteiger partial charge in [-0.25, -0.2) is 0 Å². The summed E-state index contributed by atoms with van der Waals surface area (Å²) in [5, 5.41) is 13.2. The van der Waals surface area contributed by atoms with Crippen molar-refractivity contribution in [3.63, 3.8) is 0 Å². The average molecular weight is 617 g/mol. The highest BCUT2D eigenvalue weighted by molar-refractivity contribution is 6.33. The summed E-state index contributed by atoms with van der Waals surface area (Å²) in [5.74, 6) is 0. The van der Waals surface area contributed by atoms with Crippen LogP contribution in [0.3, 0.4) is 0 Å². The first-order valence-electron chi connectivity index (χ1n) is 17.3. The molecule has 0 heteroatoms. The molecular weight excluding hydrogens is 589 g/mol. The lowest BCUT2D eigenvalue weighted by molar-refractivity contribution is 0.802. The molecule has 49 heavy (non-hydrogen) atoms. The summed E-state index contributed by atoms with van der Waals surface area (Å²) in [5.41, 5.74) is 13.2. The van der Waals surface area contributed by atoms with Crippen LogP contribution in [0, 0.1) is 0 Å². The fraction of sp³-hybridized carbons (Fsp3) is 0.0204. The summed E-state index contributed by atoms with van der Waals surface area (Å²) >= 11 is 0. The van der Waals surface area contributed by atoms with E-state index in [4.69, 9.17) is 0 Å². The molecule has 0 saturated carbocycles. The van der Waals surface area contributed by atoms with E-state index in [2.05, 4.69) is 170 Å². The highest BCUT2D eigenvalue weighted by Crippen LogP contribution is 2.66. The second-order valence-electron chi connectivity index (χ2n) is 13.9. The molecule has 12 rings (SSSR count). The molecule has 0 nitrogen and oxygen atoms in total. The zero-order chi connectivity index (χ0) is 31.8. The molecule has 224 valence electrons. The second kappa shape index (κ2) is 9.01. The Balaban J connectivity index is 1.33. The predicted octanol–water partition coefficient (Wildman–Crippen LogP) is 12.9. The topological polar surface area (TPSA) is 0 Å². The van der Waals surface area contributed by atoms with Crippen LogP contribution < -0.4 is 0 Å². The monoisotopic (exact) mass is 616 g/mol. The highest BCUT2D eigenvalue weighted by atomic mass is 14.5. The van der Waals surface area contributed by atoms with E-state index in [0.29, 0.717) is 0 Å². The Morgan fingerprint density at radius 2 is 0.776 bits per heavy atom. The van der Waals surface area contributed by atoms with Crippen LogP contribution in [0.2, 0.25) is 0 Å². The van der Waals surface area contributed by atoms with Gasteiger partial charge in [0.05, 0.1) is 5.41 Å². The Morgan fingerprint density at radius 3 is 1.47 bits per heavy atom. The first kappa shape index (κ1) is 25.8. The van der Waals surface area contributed by atoms with Crippen LogP contribution in [0.1, 0.15) is 22.3 Å². The molecule has 2 aliphatic carbocycles. The normalized spacial score (nSPS) is 13.9. The Labute approximate surface area is 283 Å². The van der Waals surface area contributed by atoms with Crippen molar-refractivity contribution in [2.24, 2.45) is 0 Å². The third-order valence-electron chi connectivity index (χ3n) is 11.8. The lowest BCUT2D eigenvalue weighted by atomic mass is 9.68. The van der Waals surface area contributed by atoms with Crippen molar-refractivity contribution in [3.8, 4) is 33.4 Å². The molecule has 0 saturated heterocycles. The molecule has 2 aliphatic rings. The fourth-order valence-corrected chi connectivity index (χ4v) is 10.1. The van der Waals surface area contributed by atoms with E-state index in [1.807, 2.05) is 0 Å². The van der Waals surface area contributed by atoms with Gasteiger partial charge in [-0.3, -0.25) is 0 Å². The quantitative estimate of drug-likeness (QED) is 0.127. The molecule has 0 fully saturated rings. The molecule has 1 spiro atoms. The van der Waals surface area contributed by atoms with Gasteiger partial charge >= 0.3 is 0 Å². The zero-order valence-corrected chi connectivity index (χ0v) is 26.7. The van der Waals surface area contributed by atoms with E-state index < -0.39 is 5.41 Å². The summed E-state index contributed by atoms with van der Waals surface area (Å²) in [6, 6.07) is 64.2. The van der Waals surface area contributed by atoms with Crippen LogP contribution in [-0.4, -0.2) is 0 Å². The largest absolute Gasteiger partial charge is 0.0731 e. The van der Waals surface area contributed by atoms with Crippen molar-refractivity contribution < 1.29 is 0 Å². The first-order valence-corrected chi connectivity index (χ1v) is 17.3. The standard InChI is InChI=1S/C49H28/c1-3-16-32-29(13-1)27-30-14-2-4-17-33(30)45(32)40-28-31-15-11-22-38-44(31)46-36(40)21-12-23-39(46)48-47(38)37-20-7-10-26-43(37)49(48)41-24-8-5-18-34(41)35-19-6-9-25-42(35)49/h1-28H. The van der Waals surface area contributed by atoms with Crippen LogP contribution in [0.4, 0.5) is 0 Å². The minimum atomic E-state index is -0.407. The molecule has 0 heterocycles. The Bertz CT molecular complexity index is 2950. The molecule has 10 aromatic carbocycles. The van der Waals surface area contributed by atoms with Gasteiger partial charge in [0.25, 0.3) is 0 Å². The van der Waals surface area contributed by atoms with Crippen molar-refractivity contribution in [1.82, 2.24) is 0 Å². The van der Waals surface area contributed by atoms with Gasteiger partial charge in [0.2, 0.25) is 0 Å². The van der Waals surface area contributed by atoms with Gasteiger partial charge < -0.3 is 0 Å². The van der Waals surface area contributed by atoms with Crippen LogP contribution in [0.25, 0.3) is 87.2 Å². The Kier molecular flexibility index (Phi) is 4.74. The lowest BCUT2D eigenvalue weighted by Gasteiger charge is -2.32. The lowest BCUT2D eigenvalue weighted by Crippen LogP contribution is -2.26. The molecule has 0 amide bonds. The van der Waals surface area contributed by atoms with E-state index in [9.17, 15) is 0 Å². The van der Waals surface area contributed by atoms with E-state index in [1.165, 1.54) is 109 Å². The minimum Gasteiger partial charge on any atom is -0.0619 e. The van der Waals surface area contributed by atoms with E-state index in [1.54, 1.807) is 0 Å². The van der Waals surface area contributed by atoms with E-state index >= 15 is 0 Å². The number of hydrogen-bond acceptors (Lipinski definition) is 0. The second-order valence-corrected chi connectivity index (χ2v) is 13.9. The molecular formula is C49H28. The number of benzene rings is 10. The maximum Gasteiger partial charge on any atom is 0.0731 e. The molecule has 10 aromatic rings. The van der Waals surface area contributed by atoms with Crippen LogP contribution in [0.5, 0.6) is 0 Å². The first-order chi connectivity index (χ1) is 24.3. The maximum absolute atomic E-state index is 2.47. The number of fused-ring (bicyclic) bond motifs is 14. The van der Waals surface area contributed by atoms with Gasteiger partial charge in [0.15, 0.2) is 0 Å². The Morgan fingerprint density at radius 1 is 0.286 bits per heavy atom. The summed E-state index contributed by atoms with van der Waals surface area (Å²) in [4.78, 5) is 0. The van der Waals surface area contributed by atoms with Crippen molar-refractivity contribution in [1.29, 1.82) is 0 Å². The van der Waals surface area contributed by atoms with Gasteiger partial charge in [0, 0.05) is 0 Å². The van der Waals surface area contributed by atoms with Crippen molar-refractivity contribution in [2.75, 3.05) is 0 Å². The van der Waals surface area contributed by atoms with Crippen LogP contribution >= 0.6 is 0 Å². The third kappa shape index (κ3) is 2.98. The van der Waals surface area contributed by atoms with Gasteiger partial charge in [-0.1, -0.05) is 158 Å². The summed E-state index contributed by atoms with van der Waals surface area (Å²) in [6.07, 6.45) is 0. The van der Waals surface area contributed by atoms with E-state index in [-0.39, 0.29) is 0 Å². The molecule has 0 aromatic heterocycles. The van der Waals surface area contributed by atoms with Crippen molar-refractivity contribution in [3.05, 3.63) is 192 Å². The smallest absolute Gasteiger partial charge is 0.0619 e. The number of hydrogen-bond donors (Lipinski definition) is 0. The van der Waals surface area contributed by atoms with Gasteiger partial charge in [-0.15, -0.1) is 0 Å². The van der Waals surface area contributed by atoms with Crippen LogP contribution in [0.15, 0.2) is 170 Å². The molecule has 0 bridgehead atoms. The summed E-state index contributed by atoms with van der Waals surface area (Å²) < 4.78 is 0. The molecule has 0 atom stereocenters. The molecule has 0 unspecified atom stereocenters. The predicted molar refractivity (Wildman–Crippen MR) is 207 cm³/mol. The SMILES string of the molecule is c1ccc2c(c1)-c1ccccc1C21c2ccccc2-c2c1c1cccc3c(-c4c5ccccc5cc5ccccc45)cc4cccc2c4c31. The fourth-order valence-electron chi connectivity index (χ4n) is 10.1. The van der Waals surface area contributed by atoms with Crippen molar-refractivity contribution in [2.45, 2.75) is 5.41 Å².